The van der Waals surface area contributed by atoms with Crippen molar-refractivity contribution in [1.29, 1.82) is 0 Å². The predicted octanol–water partition coefficient (Wildman–Crippen LogP) is 2.60. The summed E-state index contributed by atoms with van der Waals surface area (Å²) >= 11 is 0. The number of hydrogen-bond donors (Lipinski definition) is 0. The Morgan fingerprint density at radius 2 is 1.03 bits per heavy atom. The Hall–Kier alpha value is -3.10. The van der Waals surface area contributed by atoms with Crippen LogP contribution in [0, 0.1) is 0 Å². The molecule has 0 N–H and O–H groups in total. The minimum absolute atomic E-state index is 0.209. The van der Waals surface area contributed by atoms with Crippen LogP contribution in [0.15, 0.2) is 109 Å². The summed E-state index contributed by atoms with van der Waals surface area (Å²) in [6.45, 7) is 2.27. The molecule has 2 unspecified atom stereocenters. The van der Waals surface area contributed by atoms with Crippen molar-refractivity contribution in [2.24, 2.45) is 0 Å². The van der Waals surface area contributed by atoms with Gasteiger partial charge < -0.3 is 0 Å². The number of benzene rings is 4. The van der Waals surface area contributed by atoms with Crippen LogP contribution in [-0.4, -0.2) is 17.3 Å². The fraction of sp³-hybridized carbons (Fsp3) is 0.0714. The highest BCUT2D eigenvalue weighted by molar-refractivity contribution is 7.89. The van der Waals surface area contributed by atoms with Crippen molar-refractivity contribution in [3.8, 4) is 0 Å². The fourth-order valence-corrected chi connectivity index (χ4v) is 10.9. The van der Waals surface area contributed by atoms with Crippen molar-refractivity contribution in [2.45, 2.75) is 12.3 Å². The lowest BCUT2D eigenvalue weighted by Gasteiger charge is -2.33. The van der Waals surface area contributed by atoms with E-state index in [2.05, 4.69) is 67.6 Å². The first kappa shape index (κ1) is 22.1. The van der Waals surface area contributed by atoms with Crippen molar-refractivity contribution in [3.05, 3.63) is 120 Å². The molecule has 0 fully saturated rings. The van der Waals surface area contributed by atoms with Crippen LogP contribution in [0.25, 0.3) is 0 Å². The molecular formula is C28H22O2P2. The summed E-state index contributed by atoms with van der Waals surface area (Å²) in [5.41, 5.74) is 0. The largest absolute Gasteiger partial charge is 0.233 e. The molecule has 0 aliphatic carbocycles. The summed E-state index contributed by atoms with van der Waals surface area (Å²) < 4.78 is 0. The summed E-state index contributed by atoms with van der Waals surface area (Å²) in [4.78, 5) is 23.5. The molecule has 0 saturated heterocycles. The molecule has 0 bridgehead atoms. The van der Waals surface area contributed by atoms with E-state index in [0.29, 0.717) is 5.22 Å². The zero-order chi connectivity index (χ0) is 22.3. The Morgan fingerprint density at radius 1 is 0.562 bits per heavy atom. The SMILES string of the molecule is CC(P(c1ccccc1)c1ccccc1)P(c1ccccc1)c1cccc(=C=O)c1=C=O. The smallest absolute Gasteiger partial charge is 0.134 e. The number of hydrogen-bond acceptors (Lipinski definition) is 2. The van der Waals surface area contributed by atoms with E-state index in [-0.39, 0.29) is 10.6 Å². The second-order valence-corrected chi connectivity index (χ2v) is 12.7. The molecule has 32 heavy (non-hydrogen) atoms. The maximum absolute atomic E-state index is 12.0. The van der Waals surface area contributed by atoms with Crippen LogP contribution in [-0.2, 0) is 9.59 Å². The van der Waals surface area contributed by atoms with Gasteiger partial charge in [0.05, 0.1) is 10.4 Å². The third-order valence-electron chi connectivity index (χ3n) is 5.36. The highest BCUT2D eigenvalue weighted by Crippen LogP contribution is 2.55. The molecule has 0 aliphatic heterocycles. The monoisotopic (exact) mass is 452 g/mol. The molecule has 0 aliphatic rings. The number of carbonyl (C=O) groups excluding carboxylic acids is 2. The molecule has 156 valence electrons. The van der Waals surface area contributed by atoms with Gasteiger partial charge in [0.25, 0.3) is 0 Å². The van der Waals surface area contributed by atoms with Crippen molar-refractivity contribution < 1.29 is 9.59 Å². The van der Waals surface area contributed by atoms with Crippen LogP contribution in [0.3, 0.4) is 0 Å². The second kappa shape index (κ2) is 10.5. The molecule has 4 rings (SSSR count). The third kappa shape index (κ3) is 4.56. The summed E-state index contributed by atoms with van der Waals surface area (Å²) in [5, 5.41) is 5.46. The van der Waals surface area contributed by atoms with Crippen molar-refractivity contribution in [1.82, 2.24) is 0 Å². The van der Waals surface area contributed by atoms with Crippen LogP contribution in [0.5, 0.6) is 0 Å². The second-order valence-electron chi connectivity index (χ2n) is 7.28. The number of rotatable bonds is 6. The maximum atomic E-state index is 12.0. The van der Waals surface area contributed by atoms with Gasteiger partial charge in [-0.1, -0.05) is 110 Å². The average Bonchev–Trinajstić information content (AvgIpc) is 2.86. The van der Waals surface area contributed by atoms with E-state index < -0.39 is 15.8 Å². The average molecular weight is 452 g/mol. The van der Waals surface area contributed by atoms with E-state index in [1.165, 1.54) is 15.9 Å². The van der Waals surface area contributed by atoms with Gasteiger partial charge in [0, 0.05) is 10.7 Å². The minimum Gasteiger partial charge on any atom is -0.233 e. The Bertz CT molecular complexity index is 1310. The lowest BCUT2D eigenvalue weighted by Crippen LogP contribution is -2.42. The van der Waals surface area contributed by atoms with Crippen molar-refractivity contribution in [3.63, 3.8) is 0 Å². The van der Waals surface area contributed by atoms with Gasteiger partial charge in [-0.15, -0.1) is 0 Å². The highest BCUT2D eigenvalue weighted by atomic mass is 31.2. The lowest BCUT2D eigenvalue weighted by atomic mass is 10.2. The van der Waals surface area contributed by atoms with Crippen LogP contribution < -0.4 is 31.7 Å². The summed E-state index contributed by atoms with van der Waals surface area (Å²) in [6, 6.07) is 36.9. The predicted molar refractivity (Wildman–Crippen MR) is 136 cm³/mol. The lowest BCUT2D eigenvalue weighted by molar-refractivity contribution is 0.564. The summed E-state index contributed by atoms with van der Waals surface area (Å²) in [7, 11) is -1.69. The van der Waals surface area contributed by atoms with Gasteiger partial charge in [0.15, 0.2) is 0 Å². The summed E-state index contributed by atoms with van der Waals surface area (Å²) in [6.07, 6.45) is 0. The van der Waals surface area contributed by atoms with Gasteiger partial charge in [-0.3, -0.25) is 0 Å². The van der Waals surface area contributed by atoms with E-state index in [0.717, 1.165) is 5.30 Å². The van der Waals surface area contributed by atoms with Gasteiger partial charge in [-0.25, -0.2) is 9.59 Å². The van der Waals surface area contributed by atoms with Crippen molar-refractivity contribution in [2.75, 3.05) is 0 Å². The molecule has 4 aromatic rings. The molecule has 0 amide bonds. The Morgan fingerprint density at radius 3 is 1.47 bits per heavy atom. The van der Waals surface area contributed by atoms with E-state index in [1.807, 2.05) is 54.3 Å². The molecule has 4 heteroatoms. The zero-order valence-corrected chi connectivity index (χ0v) is 19.5. The van der Waals surface area contributed by atoms with Crippen LogP contribution in [0.1, 0.15) is 6.92 Å². The fourth-order valence-electron chi connectivity index (χ4n) is 3.95. The van der Waals surface area contributed by atoms with Gasteiger partial charge in [0.2, 0.25) is 0 Å². The topological polar surface area (TPSA) is 34.1 Å². The molecule has 0 spiro atoms. The first-order valence-corrected chi connectivity index (χ1v) is 13.2. The van der Waals surface area contributed by atoms with Gasteiger partial charge in [-0.05, 0) is 37.8 Å². The summed E-state index contributed by atoms with van der Waals surface area (Å²) in [5.74, 6) is 3.98. The Kier molecular flexibility index (Phi) is 7.24. The Labute approximate surface area is 190 Å². The Balaban J connectivity index is 1.98. The van der Waals surface area contributed by atoms with Gasteiger partial charge >= 0.3 is 0 Å². The molecule has 2 atom stereocenters. The first-order chi connectivity index (χ1) is 15.7. The molecule has 0 heterocycles. The van der Waals surface area contributed by atoms with Crippen LogP contribution >= 0.6 is 15.8 Å². The van der Waals surface area contributed by atoms with Crippen LogP contribution in [0.4, 0.5) is 0 Å². The highest BCUT2D eigenvalue weighted by Gasteiger charge is 2.31. The maximum Gasteiger partial charge on any atom is 0.134 e. The first-order valence-electron chi connectivity index (χ1n) is 10.4. The van der Waals surface area contributed by atoms with Gasteiger partial charge in [-0.2, -0.15) is 0 Å². The molecule has 0 saturated carbocycles. The standard InChI is InChI=1S/C28H22O2P2/c1-22(31(24-13-5-2-6-14-24)25-15-7-3-8-16-25)32(26-17-9-4-10-18-26)28-19-11-12-23(20-29)27(28)21-30/h2-19,22H,1H3. The molecule has 0 aromatic heterocycles. The van der Waals surface area contributed by atoms with Crippen LogP contribution in [0.2, 0.25) is 0 Å². The van der Waals surface area contributed by atoms with E-state index in [9.17, 15) is 9.59 Å². The van der Waals surface area contributed by atoms with Crippen molar-refractivity contribution >= 4 is 48.9 Å². The van der Waals surface area contributed by atoms with Gasteiger partial charge in [0.1, 0.15) is 11.9 Å². The molecule has 2 nitrogen and oxygen atoms in total. The third-order valence-corrected chi connectivity index (χ3v) is 11.7. The molecule has 4 aromatic carbocycles. The van der Waals surface area contributed by atoms with E-state index in [1.54, 1.807) is 6.07 Å². The van der Waals surface area contributed by atoms with E-state index in [4.69, 9.17) is 0 Å². The molecular weight excluding hydrogens is 430 g/mol. The minimum atomic E-state index is -0.960. The van der Waals surface area contributed by atoms with E-state index >= 15 is 0 Å². The zero-order valence-electron chi connectivity index (χ0n) is 17.7. The normalized spacial score (nSPS) is 12.6. The molecule has 0 radical (unpaired) electrons. The quantitative estimate of drug-likeness (QED) is 0.422.